The standard InChI is InChI=1S/C39H33N3O7S/c1-2-49-30-18-13-25(14-19-30)23-33(42-36(44)27-11-7-4-8-12-27)37(45)40-28-15-20-31(21-16-28)50-35(26-9-5-3-6-10-26)38(46)41-29-17-22-34(43)32(24-29)39(47)48/h3-24,35,43H,2H2,1H3,(H,40,45)(H,41,46)(H,42,44)(H,47,48)/b33-23-. The van der Waals surface area contributed by atoms with Crippen molar-refractivity contribution in [1.29, 1.82) is 0 Å². The first-order valence-electron chi connectivity index (χ1n) is 15.5. The summed E-state index contributed by atoms with van der Waals surface area (Å²) in [5.74, 6) is -2.44. The van der Waals surface area contributed by atoms with Crippen LogP contribution in [0.2, 0.25) is 0 Å². The Morgan fingerprint density at radius 2 is 1.42 bits per heavy atom. The van der Waals surface area contributed by atoms with E-state index < -0.39 is 34.7 Å². The second-order valence-corrected chi connectivity index (χ2v) is 12.0. The van der Waals surface area contributed by atoms with Crippen molar-refractivity contribution in [3.8, 4) is 11.5 Å². The van der Waals surface area contributed by atoms with Crippen LogP contribution in [0.15, 0.2) is 138 Å². The minimum atomic E-state index is -1.32. The van der Waals surface area contributed by atoms with Crippen LogP contribution >= 0.6 is 11.8 Å². The Balaban J connectivity index is 1.33. The third-order valence-electron chi connectivity index (χ3n) is 7.23. The van der Waals surface area contributed by atoms with Crippen molar-refractivity contribution in [2.45, 2.75) is 17.1 Å². The largest absolute Gasteiger partial charge is 0.507 e. The smallest absolute Gasteiger partial charge is 0.339 e. The van der Waals surface area contributed by atoms with E-state index in [1.807, 2.05) is 37.3 Å². The lowest BCUT2D eigenvalue weighted by atomic mass is 10.1. The van der Waals surface area contributed by atoms with Crippen molar-refractivity contribution in [3.63, 3.8) is 0 Å². The van der Waals surface area contributed by atoms with E-state index in [9.17, 15) is 29.4 Å². The summed E-state index contributed by atoms with van der Waals surface area (Å²) in [6.45, 7) is 2.40. The van der Waals surface area contributed by atoms with Crippen molar-refractivity contribution in [2.75, 3.05) is 17.2 Å². The van der Waals surface area contributed by atoms with Gasteiger partial charge in [-0.3, -0.25) is 14.4 Å². The molecule has 5 N–H and O–H groups in total. The zero-order chi connectivity index (χ0) is 35.5. The number of anilines is 2. The maximum atomic E-state index is 13.5. The van der Waals surface area contributed by atoms with Crippen LogP contribution in [0, 0.1) is 0 Å². The van der Waals surface area contributed by atoms with Gasteiger partial charge < -0.3 is 30.9 Å². The van der Waals surface area contributed by atoms with Gasteiger partial charge in [0.1, 0.15) is 28.0 Å². The predicted octanol–water partition coefficient (Wildman–Crippen LogP) is 7.37. The maximum Gasteiger partial charge on any atom is 0.339 e. The van der Waals surface area contributed by atoms with E-state index in [1.54, 1.807) is 84.9 Å². The van der Waals surface area contributed by atoms with Gasteiger partial charge in [0.2, 0.25) is 5.91 Å². The number of carboxylic acid groups (broad SMARTS) is 1. The molecule has 0 radical (unpaired) electrons. The molecule has 0 saturated heterocycles. The van der Waals surface area contributed by atoms with Crippen LogP contribution in [0.3, 0.4) is 0 Å². The normalized spacial score (nSPS) is 11.6. The molecule has 0 aliphatic carbocycles. The molecule has 0 spiro atoms. The Hall–Kier alpha value is -6.33. The molecule has 5 aromatic carbocycles. The number of benzene rings is 5. The SMILES string of the molecule is CCOc1ccc(/C=C(\NC(=O)c2ccccc2)C(=O)Nc2ccc(SC(C(=O)Nc3ccc(O)c(C(=O)O)c3)c3ccccc3)cc2)cc1. The van der Waals surface area contributed by atoms with Crippen molar-refractivity contribution < 1.29 is 34.1 Å². The molecular weight excluding hydrogens is 655 g/mol. The Morgan fingerprint density at radius 3 is 2.06 bits per heavy atom. The molecule has 0 saturated carbocycles. The van der Waals surface area contributed by atoms with Gasteiger partial charge in [-0.15, -0.1) is 11.8 Å². The molecule has 5 aromatic rings. The quantitative estimate of drug-likeness (QED) is 0.0489. The van der Waals surface area contributed by atoms with Gasteiger partial charge in [0.15, 0.2) is 0 Å². The highest BCUT2D eigenvalue weighted by Crippen LogP contribution is 2.37. The fourth-order valence-corrected chi connectivity index (χ4v) is 5.81. The minimum absolute atomic E-state index is 0.0302. The van der Waals surface area contributed by atoms with Crippen LogP contribution in [0.25, 0.3) is 6.08 Å². The van der Waals surface area contributed by atoms with Crippen LogP contribution in [-0.2, 0) is 9.59 Å². The first-order chi connectivity index (χ1) is 24.2. The molecule has 0 aromatic heterocycles. The van der Waals surface area contributed by atoms with E-state index in [-0.39, 0.29) is 16.9 Å². The Morgan fingerprint density at radius 1 is 0.780 bits per heavy atom. The Bertz CT molecular complexity index is 2000. The summed E-state index contributed by atoms with van der Waals surface area (Å²) < 4.78 is 5.51. The average molecular weight is 688 g/mol. The zero-order valence-electron chi connectivity index (χ0n) is 26.8. The highest BCUT2D eigenvalue weighted by Gasteiger charge is 2.23. The van der Waals surface area contributed by atoms with Crippen molar-refractivity contribution >= 4 is 52.9 Å². The van der Waals surface area contributed by atoms with Gasteiger partial charge in [-0.25, -0.2) is 4.79 Å². The Labute approximate surface area is 292 Å². The lowest BCUT2D eigenvalue weighted by Gasteiger charge is -2.18. The number of aromatic hydroxyl groups is 1. The van der Waals surface area contributed by atoms with E-state index in [0.717, 1.165) is 0 Å². The van der Waals surface area contributed by atoms with E-state index in [1.165, 1.54) is 30.0 Å². The molecule has 0 fully saturated rings. The van der Waals surface area contributed by atoms with Gasteiger partial charge in [-0.05, 0) is 90.9 Å². The maximum absolute atomic E-state index is 13.5. The minimum Gasteiger partial charge on any atom is -0.507 e. The summed E-state index contributed by atoms with van der Waals surface area (Å²) in [6.07, 6.45) is 1.58. The van der Waals surface area contributed by atoms with Crippen LogP contribution in [-0.4, -0.2) is 40.5 Å². The molecular formula is C39H33N3O7S. The number of phenols is 1. The topological polar surface area (TPSA) is 154 Å². The molecule has 10 nitrogen and oxygen atoms in total. The summed E-state index contributed by atoms with van der Waals surface area (Å²) in [6, 6.07) is 35.5. The van der Waals surface area contributed by atoms with Gasteiger partial charge in [-0.1, -0.05) is 60.7 Å². The number of aromatic carboxylic acids is 1. The molecule has 1 unspecified atom stereocenters. The number of ether oxygens (including phenoxy) is 1. The first kappa shape index (κ1) is 35.0. The summed E-state index contributed by atoms with van der Waals surface area (Å²) in [5.41, 5.74) is 2.15. The molecule has 0 aliphatic heterocycles. The number of carboxylic acids is 1. The third kappa shape index (κ3) is 9.39. The molecule has 3 amide bonds. The second-order valence-electron chi connectivity index (χ2n) is 10.8. The number of carbonyl (C=O) groups excluding carboxylic acids is 3. The van der Waals surface area contributed by atoms with Gasteiger partial charge in [0, 0.05) is 21.8 Å². The fraction of sp³-hybridized carbons (Fsp3) is 0.0769. The summed E-state index contributed by atoms with van der Waals surface area (Å²) in [4.78, 5) is 52.2. The molecule has 252 valence electrons. The van der Waals surface area contributed by atoms with Crippen LogP contribution in [0.4, 0.5) is 11.4 Å². The number of hydrogen-bond donors (Lipinski definition) is 5. The highest BCUT2D eigenvalue weighted by molar-refractivity contribution is 8.00. The summed E-state index contributed by atoms with van der Waals surface area (Å²) in [5, 5.41) is 26.8. The lowest BCUT2D eigenvalue weighted by molar-refractivity contribution is -0.116. The average Bonchev–Trinajstić information content (AvgIpc) is 3.13. The predicted molar refractivity (Wildman–Crippen MR) is 193 cm³/mol. The summed E-state index contributed by atoms with van der Waals surface area (Å²) in [7, 11) is 0. The number of carbonyl (C=O) groups is 4. The molecule has 0 aliphatic rings. The third-order valence-corrected chi connectivity index (χ3v) is 8.50. The lowest BCUT2D eigenvalue weighted by Crippen LogP contribution is -2.30. The van der Waals surface area contributed by atoms with Gasteiger partial charge in [0.05, 0.1) is 6.61 Å². The van der Waals surface area contributed by atoms with Crippen LogP contribution in [0.5, 0.6) is 11.5 Å². The van der Waals surface area contributed by atoms with Gasteiger partial charge in [0.25, 0.3) is 11.8 Å². The van der Waals surface area contributed by atoms with E-state index in [4.69, 9.17) is 4.74 Å². The summed E-state index contributed by atoms with van der Waals surface area (Å²) >= 11 is 1.26. The second kappa shape index (κ2) is 16.7. The van der Waals surface area contributed by atoms with Crippen LogP contribution < -0.4 is 20.7 Å². The zero-order valence-corrected chi connectivity index (χ0v) is 27.6. The Kier molecular flexibility index (Phi) is 11.7. The molecule has 0 heterocycles. The van der Waals surface area contributed by atoms with E-state index in [0.29, 0.717) is 39.6 Å². The monoisotopic (exact) mass is 687 g/mol. The van der Waals surface area contributed by atoms with Gasteiger partial charge >= 0.3 is 5.97 Å². The molecule has 0 bridgehead atoms. The molecule has 11 heteroatoms. The number of amides is 3. The number of thioether (sulfide) groups is 1. The number of nitrogens with one attached hydrogen (secondary N) is 3. The number of hydrogen-bond acceptors (Lipinski definition) is 7. The van der Waals surface area contributed by atoms with Crippen molar-refractivity contribution in [1.82, 2.24) is 5.32 Å². The molecule has 50 heavy (non-hydrogen) atoms. The molecule has 5 rings (SSSR count). The van der Waals surface area contributed by atoms with Crippen molar-refractivity contribution in [3.05, 3.63) is 155 Å². The van der Waals surface area contributed by atoms with E-state index in [2.05, 4.69) is 16.0 Å². The van der Waals surface area contributed by atoms with Crippen molar-refractivity contribution in [2.24, 2.45) is 0 Å². The van der Waals surface area contributed by atoms with E-state index >= 15 is 0 Å². The van der Waals surface area contributed by atoms with Gasteiger partial charge in [-0.2, -0.15) is 0 Å². The molecule has 1 atom stereocenters. The first-order valence-corrected chi connectivity index (χ1v) is 16.4. The van der Waals surface area contributed by atoms with Crippen LogP contribution in [0.1, 0.15) is 44.0 Å². The fourth-order valence-electron chi connectivity index (χ4n) is 4.78. The highest BCUT2D eigenvalue weighted by atomic mass is 32.2. The number of rotatable bonds is 13.